The number of carbonyl (C=O) groups is 1. The first-order valence-electron chi connectivity index (χ1n) is 8.96. The fourth-order valence-electron chi connectivity index (χ4n) is 4.36. The Bertz CT molecular complexity index is 655. The highest BCUT2D eigenvalue weighted by atomic mass is 16.1. The van der Waals surface area contributed by atoms with E-state index in [0.29, 0.717) is 17.6 Å². The molecule has 1 heteroatoms. The lowest BCUT2D eigenvalue weighted by Gasteiger charge is -2.37. The second-order valence-corrected chi connectivity index (χ2v) is 7.31. The Balaban J connectivity index is 1.39. The van der Waals surface area contributed by atoms with Crippen LogP contribution in [0.3, 0.4) is 0 Å². The molecular weight excluding hydrogens is 280 g/mol. The van der Waals surface area contributed by atoms with Gasteiger partial charge in [-0.2, -0.15) is 0 Å². The molecule has 0 aromatic heterocycles. The van der Waals surface area contributed by atoms with Crippen LogP contribution in [0.25, 0.3) is 11.1 Å². The summed E-state index contributed by atoms with van der Waals surface area (Å²) in [6.07, 6.45) is 6.92. The lowest BCUT2D eigenvalue weighted by Crippen LogP contribution is -2.32. The van der Waals surface area contributed by atoms with E-state index in [1.807, 2.05) is 0 Å². The molecule has 4 rings (SSSR count). The van der Waals surface area contributed by atoms with Crippen molar-refractivity contribution >= 4 is 5.78 Å². The summed E-state index contributed by atoms with van der Waals surface area (Å²) in [7, 11) is 0. The Hall–Kier alpha value is -1.89. The van der Waals surface area contributed by atoms with Crippen molar-refractivity contribution in [3.63, 3.8) is 0 Å². The summed E-state index contributed by atoms with van der Waals surface area (Å²) >= 11 is 0. The Morgan fingerprint density at radius 3 is 1.87 bits per heavy atom. The fourth-order valence-corrected chi connectivity index (χ4v) is 4.36. The molecule has 0 N–H and O–H groups in total. The highest BCUT2D eigenvalue weighted by Crippen LogP contribution is 2.43. The van der Waals surface area contributed by atoms with Gasteiger partial charge in [-0.05, 0) is 60.1 Å². The normalized spacial score (nSPS) is 25.1. The number of hydrogen-bond acceptors (Lipinski definition) is 1. The van der Waals surface area contributed by atoms with Crippen molar-refractivity contribution in [2.75, 3.05) is 0 Å². The molecule has 1 nitrogen and oxygen atoms in total. The van der Waals surface area contributed by atoms with Crippen LogP contribution in [-0.2, 0) is 4.79 Å². The molecule has 2 aliphatic rings. The molecule has 0 bridgehead atoms. The van der Waals surface area contributed by atoms with Gasteiger partial charge in [-0.15, -0.1) is 0 Å². The molecule has 0 unspecified atom stereocenters. The first-order chi connectivity index (χ1) is 11.3. The van der Waals surface area contributed by atoms with E-state index in [0.717, 1.165) is 18.8 Å². The molecule has 0 spiro atoms. The zero-order chi connectivity index (χ0) is 15.6. The van der Waals surface area contributed by atoms with Gasteiger partial charge >= 0.3 is 0 Å². The van der Waals surface area contributed by atoms with E-state index >= 15 is 0 Å². The minimum atomic E-state index is 0.480. The minimum absolute atomic E-state index is 0.480. The van der Waals surface area contributed by atoms with E-state index < -0.39 is 0 Å². The average Bonchev–Trinajstić information content (AvgIpc) is 2.60. The van der Waals surface area contributed by atoms with Crippen LogP contribution in [0.5, 0.6) is 0 Å². The molecule has 2 aliphatic carbocycles. The van der Waals surface area contributed by atoms with Crippen LogP contribution in [0.15, 0.2) is 54.6 Å². The standard InChI is InChI=1S/C22H24O/c23-22-14-21(15-22)20-12-10-19(11-13-20)18-8-6-17(7-9-18)16-4-2-1-3-5-16/h1-9,19-21H,10-15H2. The molecule has 2 aromatic rings. The molecule has 0 atom stereocenters. The lowest BCUT2D eigenvalue weighted by atomic mass is 9.67. The molecule has 23 heavy (non-hydrogen) atoms. The van der Waals surface area contributed by atoms with Gasteiger partial charge in [0.1, 0.15) is 5.78 Å². The highest BCUT2D eigenvalue weighted by Gasteiger charge is 2.35. The summed E-state index contributed by atoms with van der Waals surface area (Å²) in [5, 5.41) is 0. The number of rotatable bonds is 3. The molecule has 2 saturated carbocycles. The second kappa shape index (κ2) is 6.31. The molecule has 118 valence electrons. The van der Waals surface area contributed by atoms with E-state index in [-0.39, 0.29) is 0 Å². The predicted octanol–water partition coefficient (Wildman–Crippen LogP) is 5.61. The average molecular weight is 304 g/mol. The number of carbonyl (C=O) groups excluding carboxylic acids is 1. The number of benzene rings is 2. The van der Waals surface area contributed by atoms with Gasteiger partial charge in [-0.3, -0.25) is 4.79 Å². The van der Waals surface area contributed by atoms with Crippen LogP contribution in [0, 0.1) is 11.8 Å². The Morgan fingerprint density at radius 1 is 0.652 bits per heavy atom. The molecule has 0 amide bonds. The lowest BCUT2D eigenvalue weighted by molar-refractivity contribution is -0.128. The maximum absolute atomic E-state index is 11.2. The minimum Gasteiger partial charge on any atom is -0.300 e. The van der Waals surface area contributed by atoms with E-state index in [1.165, 1.54) is 42.4 Å². The van der Waals surface area contributed by atoms with Crippen molar-refractivity contribution in [1.29, 1.82) is 0 Å². The molecular formula is C22H24O. The smallest absolute Gasteiger partial charge is 0.133 e. The van der Waals surface area contributed by atoms with Crippen LogP contribution in [0.4, 0.5) is 0 Å². The van der Waals surface area contributed by atoms with Gasteiger partial charge < -0.3 is 0 Å². The third kappa shape index (κ3) is 3.10. The third-order valence-electron chi connectivity index (χ3n) is 5.91. The number of ketones is 1. The van der Waals surface area contributed by atoms with Crippen molar-refractivity contribution in [2.45, 2.75) is 44.4 Å². The van der Waals surface area contributed by atoms with E-state index in [9.17, 15) is 4.79 Å². The summed E-state index contributed by atoms with van der Waals surface area (Å²) in [5.74, 6) is 2.72. The zero-order valence-electron chi connectivity index (χ0n) is 13.6. The Kier molecular flexibility index (Phi) is 4.03. The van der Waals surface area contributed by atoms with Crippen molar-refractivity contribution in [1.82, 2.24) is 0 Å². The molecule has 0 radical (unpaired) electrons. The zero-order valence-corrected chi connectivity index (χ0v) is 13.6. The second-order valence-electron chi connectivity index (χ2n) is 7.31. The predicted molar refractivity (Wildman–Crippen MR) is 94.3 cm³/mol. The first kappa shape index (κ1) is 14.7. The monoisotopic (exact) mass is 304 g/mol. The van der Waals surface area contributed by atoms with Gasteiger partial charge in [0, 0.05) is 12.8 Å². The summed E-state index contributed by atoms with van der Waals surface area (Å²) in [5.41, 5.74) is 4.08. The Morgan fingerprint density at radius 2 is 1.26 bits per heavy atom. The molecule has 2 fully saturated rings. The van der Waals surface area contributed by atoms with Gasteiger partial charge in [0.05, 0.1) is 0 Å². The molecule has 0 saturated heterocycles. The van der Waals surface area contributed by atoms with Crippen molar-refractivity contribution in [3.05, 3.63) is 60.2 Å². The van der Waals surface area contributed by atoms with Gasteiger partial charge in [0.25, 0.3) is 0 Å². The summed E-state index contributed by atoms with van der Waals surface area (Å²) < 4.78 is 0. The fraction of sp³-hybridized carbons (Fsp3) is 0.409. The van der Waals surface area contributed by atoms with E-state index in [1.54, 1.807) is 0 Å². The van der Waals surface area contributed by atoms with E-state index in [4.69, 9.17) is 0 Å². The quantitative estimate of drug-likeness (QED) is 0.720. The van der Waals surface area contributed by atoms with Crippen LogP contribution < -0.4 is 0 Å². The summed E-state index contributed by atoms with van der Waals surface area (Å²) in [4.78, 5) is 11.2. The topological polar surface area (TPSA) is 17.1 Å². The molecule has 2 aromatic carbocycles. The summed E-state index contributed by atoms with van der Waals surface area (Å²) in [6.45, 7) is 0. The number of hydrogen-bond donors (Lipinski definition) is 0. The third-order valence-corrected chi connectivity index (χ3v) is 5.91. The van der Waals surface area contributed by atoms with Crippen molar-refractivity contribution < 1.29 is 4.79 Å². The van der Waals surface area contributed by atoms with Crippen molar-refractivity contribution in [2.24, 2.45) is 11.8 Å². The maximum Gasteiger partial charge on any atom is 0.133 e. The molecule has 0 heterocycles. The number of Topliss-reactive ketones (excluding diaryl/α,β-unsaturated/α-hetero) is 1. The first-order valence-corrected chi connectivity index (χ1v) is 8.96. The molecule has 0 aliphatic heterocycles. The van der Waals surface area contributed by atoms with Crippen LogP contribution in [-0.4, -0.2) is 5.78 Å². The van der Waals surface area contributed by atoms with Gasteiger partial charge in [0.15, 0.2) is 0 Å². The van der Waals surface area contributed by atoms with Crippen molar-refractivity contribution in [3.8, 4) is 11.1 Å². The maximum atomic E-state index is 11.2. The van der Waals surface area contributed by atoms with Crippen LogP contribution >= 0.6 is 0 Å². The highest BCUT2D eigenvalue weighted by molar-refractivity contribution is 5.84. The Labute approximate surface area is 138 Å². The SMILES string of the molecule is O=C1CC(C2CCC(c3ccc(-c4ccccc4)cc3)CC2)C1. The van der Waals surface area contributed by atoms with Gasteiger partial charge in [-0.1, -0.05) is 54.6 Å². The van der Waals surface area contributed by atoms with Gasteiger partial charge in [-0.25, -0.2) is 0 Å². The van der Waals surface area contributed by atoms with Crippen LogP contribution in [0.1, 0.15) is 50.0 Å². The van der Waals surface area contributed by atoms with E-state index in [2.05, 4.69) is 54.6 Å². The van der Waals surface area contributed by atoms with Crippen LogP contribution in [0.2, 0.25) is 0 Å². The summed E-state index contributed by atoms with van der Waals surface area (Å²) in [6, 6.07) is 19.8. The largest absolute Gasteiger partial charge is 0.300 e. The van der Waals surface area contributed by atoms with Gasteiger partial charge in [0.2, 0.25) is 0 Å².